The number of alkyl carbamates (subject to hydrolysis) is 1. The van der Waals surface area contributed by atoms with Crippen LogP contribution in [0.4, 0.5) is 4.79 Å². The van der Waals surface area contributed by atoms with Gasteiger partial charge in [-0.15, -0.1) is 0 Å². The fraction of sp³-hybridized carbons (Fsp3) is 0.370. The predicted molar refractivity (Wildman–Crippen MR) is 142 cm³/mol. The molecule has 1 aliphatic rings. The second kappa shape index (κ2) is 14.5. The van der Waals surface area contributed by atoms with Gasteiger partial charge in [-0.2, -0.15) is 0 Å². The standard InChI is InChI=1S/C27H34N6O5/c28-23(20-11-5-2-6-12-20)25(36)33-16-8-14-22(33)24(35)31-21(17-34)13-7-15-30-26(29)32-27(37)38-18-19-9-3-1-4-10-19/h1-6,9-12,17,21-23H,7-8,13-16,18,28H2,(H,31,35)(H3,29,30,32,37)/t21-,22-,23+/m0/s1. The summed E-state index contributed by atoms with van der Waals surface area (Å²) in [5.74, 6) is -0.820. The minimum atomic E-state index is -0.862. The molecule has 202 valence electrons. The molecule has 2 aromatic rings. The summed E-state index contributed by atoms with van der Waals surface area (Å²) in [6, 6.07) is 15.9. The Kier molecular flexibility index (Phi) is 10.8. The second-order valence-corrected chi connectivity index (χ2v) is 8.93. The van der Waals surface area contributed by atoms with Crippen molar-refractivity contribution in [2.45, 2.75) is 50.4 Å². The van der Waals surface area contributed by atoms with Crippen LogP contribution in [0.15, 0.2) is 65.7 Å². The normalized spacial score (nSPS) is 16.8. The van der Waals surface area contributed by atoms with Gasteiger partial charge in [0.25, 0.3) is 0 Å². The highest BCUT2D eigenvalue weighted by molar-refractivity contribution is 5.93. The summed E-state index contributed by atoms with van der Waals surface area (Å²) in [6.45, 7) is 0.756. The lowest BCUT2D eigenvalue weighted by Gasteiger charge is -2.27. The van der Waals surface area contributed by atoms with Crippen LogP contribution < -0.4 is 22.1 Å². The Morgan fingerprint density at radius 2 is 1.79 bits per heavy atom. The molecule has 3 atom stereocenters. The number of hydrogen-bond acceptors (Lipinski definition) is 7. The minimum Gasteiger partial charge on any atom is -0.444 e. The summed E-state index contributed by atoms with van der Waals surface area (Å²) in [5.41, 5.74) is 13.4. The van der Waals surface area contributed by atoms with Gasteiger partial charge in [-0.1, -0.05) is 60.7 Å². The van der Waals surface area contributed by atoms with Crippen LogP contribution in [0.1, 0.15) is 42.9 Å². The first kappa shape index (κ1) is 28.3. The molecule has 3 amide bonds. The van der Waals surface area contributed by atoms with E-state index >= 15 is 0 Å². The summed E-state index contributed by atoms with van der Waals surface area (Å²) in [7, 11) is 0. The van der Waals surface area contributed by atoms with E-state index in [1.165, 1.54) is 4.90 Å². The van der Waals surface area contributed by atoms with Crippen molar-refractivity contribution in [1.29, 1.82) is 0 Å². The number of likely N-dealkylation sites (tertiary alicyclic amines) is 1. The Labute approximate surface area is 221 Å². The molecule has 0 spiro atoms. The molecule has 3 rings (SSSR count). The largest absolute Gasteiger partial charge is 0.444 e. The number of carbonyl (C=O) groups excluding carboxylic acids is 4. The number of hydrogen-bond donors (Lipinski definition) is 4. The van der Waals surface area contributed by atoms with Crippen molar-refractivity contribution < 1.29 is 23.9 Å². The Hall–Kier alpha value is -4.25. The van der Waals surface area contributed by atoms with Crippen molar-refractivity contribution in [2.24, 2.45) is 16.5 Å². The number of ether oxygens (including phenoxy) is 1. The Balaban J connectivity index is 1.41. The smallest absolute Gasteiger partial charge is 0.414 e. The van der Waals surface area contributed by atoms with Crippen molar-refractivity contribution in [1.82, 2.24) is 15.5 Å². The summed E-state index contributed by atoms with van der Waals surface area (Å²) < 4.78 is 5.08. The molecule has 1 saturated heterocycles. The third-order valence-electron chi connectivity index (χ3n) is 6.15. The molecule has 0 bridgehead atoms. The van der Waals surface area contributed by atoms with E-state index in [1.807, 2.05) is 36.4 Å². The van der Waals surface area contributed by atoms with E-state index in [1.54, 1.807) is 24.3 Å². The first-order valence-corrected chi connectivity index (χ1v) is 12.5. The van der Waals surface area contributed by atoms with Crippen molar-refractivity contribution in [3.63, 3.8) is 0 Å². The molecule has 0 aliphatic carbocycles. The summed E-state index contributed by atoms with van der Waals surface area (Å²) in [6.07, 6.45) is 1.84. The van der Waals surface area contributed by atoms with Gasteiger partial charge in [-0.05, 0) is 36.8 Å². The van der Waals surface area contributed by atoms with Crippen molar-refractivity contribution >= 4 is 30.2 Å². The molecule has 1 heterocycles. The van der Waals surface area contributed by atoms with Gasteiger partial charge in [0.05, 0.1) is 6.04 Å². The van der Waals surface area contributed by atoms with E-state index in [0.29, 0.717) is 44.1 Å². The third kappa shape index (κ3) is 8.41. The van der Waals surface area contributed by atoms with Crippen molar-refractivity contribution in [3.8, 4) is 0 Å². The highest BCUT2D eigenvalue weighted by Gasteiger charge is 2.37. The average Bonchev–Trinajstić information content (AvgIpc) is 3.44. The van der Waals surface area contributed by atoms with E-state index in [4.69, 9.17) is 16.2 Å². The highest BCUT2D eigenvalue weighted by Crippen LogP contribution is 2.22. The molecular formula is C27H34N6O5. The van der Waals surface area contributed by atoms with Gasteiger partial charge in [-0.25, -0.2) is 4.79 Å². The number of carbonyl (C=O) groups is 4. The number of amides is 3. The monoisotopic (exact) mass is 522 g/mol. The molecule has 11 heteroatoms. The molecule has 0 aromatic heterocycles. The number of aliphatic imine (C=N–C) groups is 1. The lowest BCUT2D eigenvalue weighted by Crippen LogP contribution is -2.51. The van der Waals surface area contributed by atoms with Gasteiger partial charge in [0.1, 0.15) is 25.0 Å². The van der Waals surface area contributed by atoms with Crippen LogP contribution in [0, 0.1) is 0 Å². The van der Waals surface area contributed by atoms with Gasteiger partial charge in [0, 0.05) is 13.1 Å². The summed E-state index contributed by atoms with van der Waals surface area (Å²) in [5, 5.41) is 5.05. The quantitative estimate of drug-likeness (QED) is 0.150. The first-order valence-electron chi connectivity index (χ1n) is 12.5. The zero-order valence-corrected chi connectivity index (χ0v) is 21.1. The maximum atomic E-state index is 13.0. The van der Waals surface area contributed by atoms with E-state index in [-0.39, 0.29) is 30.9 Å². The highest BCUT2D eigenvalue weighted by atomic mass is 16.5. The van der Waals surface area contributed by atoms with E-state index in [9.17, 15) is 19.2 Å². The molecule has 0 saturated carbocycles. The number of nitrogens with one attached hydrogen (secondary N) is 2. The number of benzene rings is 2. The van der Waals surface area contributed by atoms with Crippen LogP contribution in [0.5, 0.6) is 0 Å². The minimum absolute atomic E-state index is 0.100. The zero-order chi connectivity index (χ0) is 27.3. The topological polar surface area (TPSA) is 169 Å². The van der Waals surface area contributed by atoms with Crippen LogP contribution in [-0.2, 0) is 25.7 Å². The SMILES string of the molecule is NC(=NCCC[C@@H](C=O)NC(=O)[C@@H]1CCCN1C(=O)[C@H](N)c1ccccc1)NC(=O)OCc1ccccc1. The van der Waals surface area contributed by atoms with Gasteiger partial charge < -0.3 is 31.2 Å². The molecule has 2 aromatic carbocycles. The molecule has 6 N–H and O–H groups in total. The van der Waals surface area contributed by atoms with Crippen LogP contribution in [0.2, 0.25) is 0 Å². The van der Waals surface area contributed by atoms with Crippen molar-refractivity contribution in [3.05, 3.63) is 71.8 Å². The molecule has 0 radical (unpaired) electrons. The summed E-state index contributed by atoms with van der Waals surface area (Å²) >= 11 is 0. The summed E-state index contributed by atoms with van der Waals surface area (Å²) in [4.78, 5) is 54.8. The van der Waals surface area contributed by atoms with E-state index in [0.717, 1.165) is 5.56 Å². The maximum Gasteiger partial charge on any atom is 0.414 e. The van der Waals surface area contributed by atoms with Gasteiger partial charge in [-0.3, -0.25) is 19.9 Å². The lowest BCUT2D eigenvalue weighted by molar-refractivity contribution is -0.140. The molecular weight excluding hydrogens is 488 g/mol. The van der Waals surface area contributed by atoms with Crippen LogP contribution >= 0.6 is 0 Å². The van der Waals surface area contributed by atoms with Crippen LogP contribution in [-0.4, -0.2) is 60.2 Å². The van der Waals surface area contributed by atoms with Gasteiger partial charge in [0.2, 0.25) is 11.8 Å². The maximum absolute atomic E-state index is 13.0. The first-order chi connectivity index (χ1) is 18.4. The zero-order valence-electron chi connectivity index (χ0n) is 21.1. The third-order valence-corrected chi connectivity index (χ3v) is 6.15. The molecule has 38 heavy (non-hydrogen) atoms. The number of nitrogens with zero attached hydrogens (tertiary/aromatic N) is 2. The molecule has 11 nitrogen and oxygen atoms in total. The lowest BCUT2D eigenvalue weighted by atomic mass is 10.1. The predicted octanol–water partition coefficient (Wildman–Crippen LogP) is 1.38. The molecule has 1 aliphatic heterocycles. The Morgan fingerprint density at radius 3 is 2.47 bits per heavy atom. The van der Waals surface area contributed by atoms with E-state index in [2.05, 4.69) is 15.6 Å². The van der Waals surface area contributed by atoms with E-state index < -0.39 is 24.2 Å². The number of guanidine groups is 1. The number of nitrogens with two attached hydrogens (primary N) is 2. The molecule has 0 unspecified atom stereocenters. The van der Waals surface area contributed by atoms with Crippen LogP contribution in [0.25, 0.3) is 0 Å². The number of rotatable bonds is 11. The fourth-order valence-corrected chi connectivity index (χ4v) is 4.15. The fourth-order valence-electron chi connectivity index (χ4n) is 4.15. The van der Waals surface area contributed by atoms with Gasteiger partial charge in [0.15, 0.2) is 5.96 Å². The molecule has 1 fully saturated rings. The van der Waals surface area contributed by atoms with Crippen LogP contribution in [0.3, 0.4) is 0 Å². The Morgan fingerprint density at radius 1 is 1.11 bits per heavy atom. The Bertz CT molecular complexity index is 1110. The second-order valence-electron chi connectivity index (χ2n) is 8.93. The number of aldehydes is 1. The van der Waals surface area contributed by atoms with Crippen molar-refractivity contribution in [2.75, 3.05) is 13.1 Å². The average molecular weight is 523 g/mol. The van der Waals surface area contributed by atoms with Gasteiger partial charge >= 0.3 is 6.09 Å².